The maximum Gasteiger partial charge on any atom is 0.230 e. The van der Waals surface area contributed by atoms with Crippen LogP contribution in [0.5, 0.6) is 11.5 Å². The topological polar surface area (TPSA) is 93.8 Å². The molecule has 2 N–H and O–H groups in total. The highest BCUT2D eigenvalue weighted by molar-refractivity contribution is 5.92. The number of hydrogen-bond acceptors (Lipinski definition) is 7. The van der Waals surface area contributed by atoms with Gasteiger partial charge in [0.1, 0.15) is 5.82 Å². The lowest BCUT2D eigenvalue weighted by Crippen LogP contribution is -2.37. The summed E-state index contributed by atoms with van der Waals surface area (Å²) in [5, 5.41) is 0.723. The highest BCUT2D eigenvalue weighted by Crippen LogP contribution is 2.42. The summed E-state index contributed by atoms with van der Waals surface area (Å²) in [4.78, 5) is 26.2. The number of rotatable bonds is 5. The van der Waals surface area contributed by atoms with Gasteiger partial charge in [0, 0.05) is 37.6 Å². The second-order valence-corrected chi connectivity index (χ2v) is 7.63. The Morgan fingerprint density at radius 1 is 1.14 bits per heavy atom. The maximum atomic E-state index is 12.9. The molecule has 1 unspecified atom stereocenters. The molecule has 1 amide bonds. The van der Waals surface area contributed by atoms with E-state index < -0.39 is 0 Å². The van der Waals surface area contributed by atoms with Crippen LogP contribution in [0.2, 0.25) is 0 Å². The SMILES string of the molecule is CCCN1CCC2(CCN(c3nc(N)c4cc(OC)c(OC)cc4n3)C2)C1=O. The fourth-order valence-corrected chi connectivity index (χ4v) is 4.41. The second-order valence-electron chi connectivity index (χ2n) is 7.63. The van der Waals surface area contributed by atoms with Crippen molar-refractivity contribution < 1.29 is 14.3 Å². The summed E-state index contributed by atoms with van der Waals surface area (Å²) in [6.45, 7) is 5.18. The van der Waals surface area contributed by atoms with Gasteiger partial charge in [0.2, 0.25) is 11.9 Å². The number of likely N-dealkylation sites (tertiary alicyclic amines) is 1. The van der Waals surface area contributed by atoms with Gasteiger partial charge in [-0.1, -0.05) is 6.92 Å². The van der Waals surface area contributed by atoms with Crippen LogP contribution in [0.15, 0.2) is 12.1 Å². The van der Waals surface area contributed by atoms with Crippen molar-refractivity contribution in [2.24, 2.45) is 5.41 Å². The fraction of sp³-hybridized carbons (Fsp3) is 0.550. The normalized spacial score (nSPS) is 21.9. The Labute approximate surface area is 164 Å². The van der Waals surface area contributed by atoms with E-state index in [4.69, 9.17) is 20.2 Å². The molecule has 2 saturated heterocycles. The van der Waals surface area contributed by atoms with Crippen LogP contribution >= 0.6 is 0 Å². The number of aromatic nitrogens is 2. The van der Waals surface area contributed by atoms with Crippen LogP contribution < -0.4 is 20.1 Å². The maximum absolute atomic E-state index is 12.9. The molecule has 1 atom stereocenters. The zero-order valence-corrected chi connectivity index (χ0v) is 16.7. The average Bonchev–Trinajstić information content (AvgIpc) is 3.27. The van der Waals surface area contributed by atoms with Crippen molar-refractivity contribution in [2.75, 3.05) is 51.0 Å². The van der Waals surface area contributed by atoms with E-state index in [1.54, 1.807) is 20.3 Å². The molecule has 8 nitrogen and oxygen atoms in total. The monoisotopic (exact) mass is 385 g/mol. The lowest BCUT2D eigenvalue weighted by Gasteiger charge is -2.23. The summed E-state index contributed by atoms with van der Waals surface area (Å²) in [7, 11) is 3.17. The number of amides is 1. The first-order valence-corrected chi connectivity index (χ1v) is 9.75. The van der Waals surface area contributed by atoms with Gasteiger partial charge in [0.05, 0.1) is 25.2 Å². The molecule has 4 rings (SSSR count). The van der Waals surface area contributed by atoms with Crippen LogP contribution in [0.25, 0.3) is 10.9 Å². The molecule has 150 valence electrons. The number of hydrogen-bond donors (Lipinski definition) is 1. The predicted molar refractivity (Wildman–Crippen MR) is 108 cm³/mol. The van der Waals surface area contributed by atoms with Crippen LogP contribution in [0.4, 0.5) is 11.8 Å². The number of benzene rings is 1. The van der Waals surface area contributed by atoms with Crippen LogP contribution in [0.3, 0.4) is 0 Å². The van der Waals surface area contributed by atoms with Crippen molar-refractivity contribution in [3.05, 3.63) is 12.1 Å². The Morgan fingerprint density at radius 2 is 1.86 bits per heavy atom. The smallest absolute Gasteiger partial charge is 0.230 e. The number of carbonyl (C=O) groups excluding carboxylic acids is 1. The van der Waals surface area contributed by atoms with Crippen molar-refractivity contribution >= 4 is 28.6 Å². The van der Waals surface area contributed by atoms with Gasteiger partial charge < -0.3 is 25.0 Å². The van der Waals surface area contributed by atoms with Crippen molar-refractivity contribution in [1.82, 2.24) is 14.9 Å². The molecule has 28 heavy (non-hydrogen) atoms. The number of carbonyl (C=O) groups is 1. The third-order valence-electron chi connectivity index (χ3n) is 5.95. The number of methoxy groups -OCH3 is 2. The van der Waals surface area contributed by atoms with E-state index in [9.17, 15) is 4.79 Å². The summed E-state index contributed by atoms with van der Waals surface area (Å²) in [5.74, 6) is 2.42. The Bertz CT molecular complexity index is 918. The van der Waals surface area contributed by atoms with Gasteiger partial charge in [-0.15, -0.1) is 0 Å². The molecule has 1 spiro atoms. The Morgan fingerprint density at radius 3 is 2.57 bits per heavy atom. The Hall–Kier alpha value is -2.77. The average molecular weight is 385 g/mol. The van der Waals surface area contributed by atoms with E-state index in [0.29, 0.717) is 35.3 Å². The molecule has 0 bridgehead atoms. The zero-order valence-electron chi connectivity index (χ0n) is 16.7. The first-order valence-electron chi connectivity index (χ1n) is 9.75. The highest BCUT2D eigenvalue weighted by atomic mass is 16.5. The van der Waals surface area contributed by atoms with Gasteiger partial charge in [-0.05, 0) is 25.3 Å². The first kappa shape index (κ1) is 18.6. The molecule has 0 aliphatic carbocycles. The van der Waals surface area contributed by atoms with Crippen LogP contribution in [0.1, 0.15) is 26.2 Å². The number of ether oxygens (including phenoxy) is 2. The van der Waals surface area contributed by atoms with E-state index >= 15 is 0 Å². The summed E-state index contributed by atoms with van der Waals surface area (Å²) in [6, 6.07) is 3.60. The van der Waals surface area contributed by atoms with Crippen LogP contribution in [-0.2, 0) is 4.79 Å². The molecule has 1 aromatic heterocycles. The van der Waals surface area contributed by atoms with Gasteiger partial charge in [0.15, 0.2) is 11.5 Å². The molecule has 2 aliphatic rings. The molecule has 0 radical (unpaired) electrons. The quantitative estimate of drug-likeness (QED) is 0.842. The molecular weight excluding hydrogens is 358 g/mol. The third kappa shape index (κ3) is 2.87. The van der Waals surface area contributed by atoms with Crippen molar-refractivity contribution in [3.63, 3.8) is 0 Å². The Kier molecular flexibility index (Phi) is 4.64. The van der Waals surface area contributed by atoms with Crippen LogP contribution in [0, 0.1) is 5.41 Å². The summed E-state index contributed by atoms with van der Waals surface area (Å²) in [5.41, 5.74) is 6.62. The lowest BCUT2D eigenvalue weighted by atomic mass is 9.85. The fourth-order valence-electron chi connectivity index (χ4n) is 4.41. The summed E-state index contributed by atoms with van der Waals surface area (Å²) >= 11 is 0. The number of fused-ring (bicyclic) bond motifs is 1. The minimum Gasteiger partial charge on any atom is -0.493 e. The van der Waals surface area contributed by atoms with Crippen LogP contribution in [-0.4, -0.2) is 61.2 Å². The summed E-state index contributed by atoms with van der Waals surface area (Å²) < 4.78 is 10.7. The molecule has 2 fully saturated rings. The number of nitrogens with two attached hydrogens (primary N) is 1. The van der Waals surface area contributed by atoms with E-state index in [0.717, 1.165) is 44.3 Å². The summed E-state index contributed by atoms with van der Waals surface area (Å²) in [6.07, 6.45) is 2.72. The van der Waals surface area contributed by atoms with E-state index in [1.807, 2.05) is 11.0 Å². The Balaban J connectivity index is 1.64. The second kappa shape index (κ2) is 7.00. The van der Waals surface area contributed by atoms with Gasteiger partial charge in [-0.2, -0.15) is 4.98 Å². The minimum atomic E-state index is -0.306. The van der Waals surface area contributed by atoms with E-state index in [1.165, 1.54) is 0 Å². The van der Waals surface area contributed by atoms with Crippen molar-refractivity contribution in [1.29, 1.82) is 0 Å². The van der Waals surface area contributed by atoms with E-state index in [2.05, 4.69) is 16.8 Å². The molecule has 3 heterocycles. The van der Waals surface area contributed by atoms with E-state index in [-0.39, 0.29) is 11.3 Å². The van der Waals surface area contributed by atoms with Gasteiger partial charge in [0.25, 0.3) is 0 Å². The number of nitrogens with zero attached hydrogens (tertiary/aromatic N) is 4. The molecular formula is C20H27N5O3. The molecule has 2 aromatic rings. The largest absolute Gasteiger partial charge is 0.493 e. The number of nitrogen functional groups attached to an aromatic ring is 1. The lowest BCUT2D eigenvalue weighted by molar-refractivity contribution is -0.135. The minimum absolute atomic E-state index is 0.275. The third-order valence-corrected chi connectivity index (χ3v) is 5.95. The number of anilines is 2. The molecule has 1 aromatic carbocycles. The van der Waals surface area contributed by atoms with Gasteiger partial charge >= 0.3 is 0 Å². The first-order chi connectivity index (χ1) is 13.5. The van der Waals surface area contributed by atoms with Gasteiger partial charge in [-0.25, -0.2) is 4.98 Å². The zero-order chi connectivity index (χ0) is 19.9. The van der Waals surface area contributed by atoms with Gasteiger partial charge in [-0.3, -0.25) is 4.79 Å². The highest BCUT2D eigenvalue weighted by Gasteiger charge is 2.50. The molecule has 0 saturated carbocycles. The standard InChI is InChI=1S/C20H27N5O3/c1-4-7-24-8-5-20(18(24)26)6-9-25(12-20)19-22-14-11-16(28-3)15(27-2)10-13(14)17(21)23-19/h10-11H,4-9,12H2,1-3H3,(H2,21,22,23). The van der Waals surface area contributed by atoms with Crippen molar-refractivity contribution in [2.45, 2.75) is 26.2 Å². The predicted octanol–water partition coefficient (Wildman–Crippen LogP) is 2.07. The van der Waals surface area contributed by atoms with Crippen molar-refractivity contribution in [3.8, 4) is 11.5 Å². The molecule has 2 aliphatic heterocycles. The molecule has 8 heteroatoms.